The van der Waals surface area contributed by atoms with Crippen LogP contribution in [0.4, 0.5) is 11.6 Å². The third-order valence-electron chi connectivity index (χ3n) is 3.28. The van der Waals surface area contributed by atoms with E-state index in [9.17, 15) is 4.79 Å². The van der Waals surface area contributed by atoms with E-state index >= 15 is 0 Å². The van der Waals surface area contributed by atoms with E-state index in [4.69, 9.17) is 0 Å². The highest BCUT2D eigenvalue weighted by atomic mass is 16.1. The lowest BCUT2D eigenvalue weighted by molar-refractivity contribution is 0.584. The van der Waals surface area contributed by atoms with Crippen LogP contribution in [0.5, 0.6) is 0 Å². The molecule has 20 heavy (non-hydrogen) atoms. The largest absolute Gasteiger partial charge is 0.312 e. The first-order valence-corrected chi connectivity index (χ1v) is 6.94. The summed E-state index contributed by atoms with van der Waals surface area (Å²) in [6.07, 6.45) is 2.61. The van der Waals surface area contributed by atoms with Crippen molar-refractivity contribution in [3.8, 4) is 0 Å². The lowest BCUT2D eigenvalue weighted by Crippen LogP contribution is -2.29. The lowest BCUT2D eigenvalue weighted by Gasteiger charge is -2.26. The van der Waals surface area contributed by atoms with E-state index in [1.807, 2.05) is 30.3 Å². The Hall–Kier alpha value is -2.10. The molecular weight excluding hydrogens is 250 g/mol. The van der Waals surface area contributed by atoms with Crippen molar-refractivity contribution in [1.82, 2.24) is 9.55 Å². The fourth-order valence-electron chi connectivity index (χ4n) is 2.06. The summed E-state index contributed by atoms with van der Waals surface area (Å²) in [5.41, 5.74) is 1.02. The molecule has 0 radical (unpaired) electrons. The summed E-state index contributed by atoms with van der Waals surface area (Å²) < 4.78 is 1.59. The second-order valence-corrected chi connectivity index (χ2v) is 5.31. The predicted molar refractivity (Wildman–Crippen MR) is 82.4 cm³/mol. The van der Waals surface area contributed by atoms with Gasteiger partial charge in [0, 0.05) is 31.5 Å². The third kappa shape index (κ3) is 3.26. The Labute approximate surface area is 119 Å². The molecule has 0 spiro atoms. The smallest absolute Gasteiger partial charge is 0.254 e. The summed E-state index contributed by atoms with van der Waals surface area (Å²) in [5, 5.41) is 0. The maximum atomic E-state index is 11.8. The van der Waals surface area contributed by atoms with E-state index in [0.29, 0.717) is 11.9 Å². The topological polar surface area (TPSA) is 38.1 Å². The molecule has 106 valence electrons. The van der Waals surface area contributed by atoms with Gasteiger partial charge < -0.3 is 4.90 Å². The number of hydrogen-bond acceptors (Lipinski definition) is 3. The highest BCUT2D eigenvalue weighted by Gasteiger charge is 2.14. The van der Waals surface area contributed by atoms with E-state index in [1.165, 1.54) is 6.07 Å². The van der Waals surface area contributed by atoms with Gasteiger partial charge in [-0.3, -0.25) is 9.36 Å². The summed E-state index contributed by atoms with van der Waals surface area (Å²) in [7, 11) is 1.76. The molecule has 4 heteroatoms. The summed E-state index contributed by atoms with van der Waals surface area (Å²) in [4.78, 5) is 18.3. The summed E-state index contributed by atoms with van der Waals surface area (Å²) in [6, 6.07) is 11.5. The van der Waals surface area contributed by atoms with Crippen molar-refractivity contribution in [2.24, 2.45) is 13.0 Å². The average molecular weight is 271 g/mol. The molecule has 1 heterocycles. The van der Waals surface area contributed by atoms with Crippen molar-refractivity contribution in [2.45, 2.75) is 20.3 Å². The maximum Gasteiger partial charge on any atom is 0.254 e. The second-order valence-electron chi connectivity index (χ2n) is 5.31. The normalized spacial score (nSPS) is 10.8. The van der Waals surface area contributed by atoms with Crippen LogP contribution in [0.15, 0.2) is 47.4 Å². The van der Waals surface area contributed by atoms with Crippen molar-refractivity contribution in [3.05, 3.63) is 52.9 Å². The zero-order valence-electron chi connectivity index (χ0n) is 12.3. The van der Waals surface area contributed by atoms with Crippen LogP contribution in [-0.4, -0.2) is 16.1 Å². The molecule has 0 aliphatic carbocycles. The van der Waals surface area contributed by atoms with Crippen LogP contribution in [0, 0.1) is 5.92 Å². The minimum Gasteiger partial charge on any atom is -0.312 e. The van der Waals surface area contributed by atoms with Crippen LogP contribution in [0.2, 0.25) is 0 Å². The molecule has 0 amide bonds. The van der Waals surface area contributed by atoms with Gasteiger partial charge >= 0.3 is 0 Å². The minimum atomic E-state index is -0.0412. The van der Waals surface area contributed by atoms with Gasteiger partial charge in [0.2, 0.25) is 5.95 Å². The molecular formula is C16H21N3O. The number of benzene rings is 1. The molecule has 0 bridgehead atoms. The van der Waals surface area contributed by atoms with Crippen molar-refractivity contribution >= 4 is 11.6 Å². The van der Waals surface area contributed by atoms with Gasteiger partial charge in [-0.15, -0.1) is 0 Å². The fraction of sp³-hybridized carbons (Fsp3) is 0.375. The average Bonchev–Trinajstić information content (AvgIpc) is 2.44. The quantitative estimate of drug-likeness (QED) is 0.839. The highest BCUT2D eigenvalue weighted by Crippen LogP contribution is 2.22. The van der Waals surface area contributed by atoms with Gasteiger partial charge in [-0.05, 0) is 24.5 Å². The zero-order valence-corrected chi connectivity index (χ0v) is 12.3. The van der Waals surface area contributed by atoms with Gasteiger partial charge in [-0.2, -0.15) is 0 Å². The zero-order chi connectivity index (χ0) is 14.5. The molecule has 4 nitrogen and oxygen atoms in total. The maximum absolute atomic E-state index is 11.8. The molecule has 2 rings (SSSR count). The Bertz CT molecular complexity index is 605. The molecule has 1 aromatic carbocycles. The van der Waals surface area contributed by atoms with Gasteiger partial charge in [0.25, 0.3) is 5.56 Å². The van der Waals surface area contributed by atoms with Crippen LogP contribution < -0.4 is 10.5 Å². The summed E-state index contributed by atoms with van der Waals surface area (Å²) in [5.74, 6) is 1.28. The standard InChI is InChI=1S/C16H21N3O/c1-13(2)10-12-19(14-7-5-4-6-8-14)16-17-11-9-15(20)18(16)3/h4-9,11,13H,10,12H2,1-3H3. The Kier molecular flexibility index (Phi) is 4.56. The molecule has 0 N–H and O–H groups in total. The number of hydrogen-bond donors (Lipinski definition) is 0. The predicted octanol–water partition coefficient (Wildman–Crippen LogP) is 2.96. The van der Waals surface area contributed by atoms with Crippen LogP contribution in [0.25, 0.3) is 0 Å². The fourth-order valence-corrected chi connectivity index (χ4v) is 2.06. The number of aromatic nitrogens is 2. The molecule has 0 saturated carbocycles. The van der Waals surface area contributed by atoms with E-state index < -0.39 is 0 Å². The Morgan fingerprint density at radius 2 is 1.90 bits per heavy atom. The molecule has 0 unspecified atom stereocenters. The van der Waals surface area contributed by atoms with Crippen molar-refractivity contribution < 1.29 is 0 Å². The van der Waals surface area contributed by atoms with Crippen LogP contribution in [0.3, 0.4) is 0 Å². The summed E-state index contributed by atoms with van der Waals surface area (Å²) >= 11 is 0. The minimum absolute atomic E-state index is 0.0412. The SMILES string of the molecule is CC(C)CCN(c1ccccc1)c1nccc(=O)n1C. The Balaban J connectivity index is 2.41. The van der Waals surface area contributed by atoms with Gasteiger partial charge in [0.1, 0.15) is 0 Å². The number of anilines is 2. The number of para-hydroxylation sites is 1. The van der Waals surface area contributed by atoms with Crippen molar-refractivity contribution in [1.29, 1.82) is 0 Å². The first kappa shape index (κ1) is 14.3. The van der Waals surface area contributed by atoms with Gasteiger partial charge in [0.05, 0.1) is 0 Å². The van der Waals surface area contributed by atoms with E-state index in [0.717, 1.165) is 18.7 Å². The van der Waals surface area contributed by atoms with Crippen molar-refractivity contribution in [3.63, 3.8) is 0 Å². The molecule has 0 fully saturated rings. The van der Waals surface area contributed by atoms with E-state index in [-0.39, 0.29) is 5.56 Å². The monoisotopic (exact) mass is 271 g/mol. The number of nitrogens with zero attached hydrogens (tertiary/aromatic N) is 3. The molecule has 1 aromatic heterocycles. The Morgan fingerprint density at radius 3 is 2.55 bits per heavy atom. The second kappa shape index (κ2) is 6.37. The van der Waals surface area contributed by atoms with Crippen LogP contribution in [0.1, 0.15) is 20.3 Å². The summed E-state index contributed by atoms with van der Waals surface area (Å²) in [6.45, 7) is 5.23. The highest BCUT2D eigenvalue weighted by molar-refractivity contribution is 5.57. The molecule has 2 aromatic rings. The van der Waals surface area contributed by atoms with Gasteiger partial charge in [-0.25, -0.2) is 4.98 Å². The lowest BCUT2D eigenvalue weighted by atomic mass is 10.1. The van der Waals surface area contributed by atoms with Crippen molar-refractivity contribution in [2.75, 3.05) is 11.4 Å². The van der Waals surface area contributed by atoms with Crippen LogP contribution >= 0.6 is 0 Å². The first-order valence-electron chi connectivity index (χ1n) is 6.94. The van der Waals surface area contributed by atoms with E-state index in [2.05, 4.69) is 23.7 Å². The van der Waals surface area contributed by atoms with Gasteiger partial charge in [-0.1, -0.05) is 32.0 Å². The molecule has 0 aliphatic rings. The molecule has 0 aliphatic heterocycles. The molecule has 0 atom stereocenters. The Morgan fingerprint density at radius 1 is 1.20 bits per heavy atom. The first-order chi connectivity index (χ1) is 9.59. The third-order valence-corrected chi connectivity index (χ3v) is 3.28. The molecule has 0 saturated heterocycles. The van der Waals surface area contributed by atoms with E-state index in [1.54, 1.807) is 17.8 Å². The van der Waals surface area contributed by atoms with Gasteiger partial charge in [0.15, 0.2) is 0 Å². The van der Waals surface area contributed by atoms with Crippen LogP contribution in [-0.2, 0) is 7.05 Å². The number of rotatable bonds is 5.